The normalized spacial score (nSPS) is 19.2. The lowest BCUT2D eigenvalue weighted by Gasteiger charge is -2.31. The Morgan fingerprint density at radius 2 is 1.92 bits per heavy atom. The highest BCUT2D eigenvalue weighted by Crippen LogP contribution is 2.37. The topological polar surface area (TPSA) is 131 Å². The standard InChI is InChI=1S/C23H24ClF3N6O4/c1-11(37-2)18-17(10-29-22-31-21(24)32-33(18)22)30-15-5-3-12(4-6-15)16(23(25,26)27)9-28-19(34)13-7-14(8-13)20(35)36/h3-6,10-11,13-14,16,30H,7-9H2,1-2H3,(H,28,34)(H,35,36)/t11-,13?,14?,16+/m0/s1. The molecule has 0 aliphatic heterocycles. The van der Waals surface area contributed by atoms with Crippen LogP contribution in [0.3, 0.4) is 0 Å². The number of nitrogens with zero attached hydrogens (tertiary/aromatic N) is 4. The molecule has 0 spiro atoms. The second-order valence-corrected chi connectivity index (χ2v) is 9.16. The average molecular weight is 541 g/mol. The monoisotopic (exact) mass is 540 g/mol. The highest BCUT2D eigenvalue weighted by atomic mass is 35.5. The molecule has 3 aromatic rings. The number of carboxylic acid groups (broad SMARTS) is 1. The van der Waals surface area contributed by atoms with E-state index in [1.54, 1.807) is 6.92 Å². The summed E-state index contributed by atoms with van der Waals surface area (Å²) in [6, 6.07) is 5.63. The van der Waals surface area contributed by atoms with Gasteiger partial charge in [-0.25, -0.2) is 4.98 Å². The summed E-state index contributed by atoms with van der Waals surface area (Å²) in [5.41, 5.74) is 1.52. The Kier molecular flexibility index (Phi) is 7.55. The fraction of sp³-hybridized carbons (Fsp3) is 0.435. The number of hydrogen-bond acceptors (Lipinski definition) is 7. The molecule has 1 amide bonds. The Morgan fingerprint density at radius 3 is 2.51 bits per heavy atom. The lowest BCUT2D eigenvalue weighted by Crippen LogP contribution is -2.43. The predicted molar refractivity (Wildman–Crippen MR) is 127 cm³/mol. The minimum Gasteiger partial charge on any atom is -0.481 e. The van der Waals surface area contributed by atoms with Crippen molar-refractivity contribution >= 4 is 40.6 Å². The first-order valence-corrected chi connectivity index (χ1v) is 11.7. The molecule has 1 fully saturated rings. The van der Waals surface area contributed by atoms with Gasteiger partial charge in [0.15, 0.2) is 0 Å². The number of rotatable bonds is 9. The molecule has 3 N–H and O–H groups in total. The molecule has 0 bridgehead atoms. The van der Waals surface area contributed by atoms with Gasteiger partial charge in [0.05, 0.1) is 35.5 Å². The van der Waals surface area contributed by atoms with E-state index in [0.29, 0.717) is 17.1 Å². The molecule has 4 rings (SSSR count). The molecule has 2 aromatic heterocycles. The van der Waals surface area contributed by atoms with Gasteiger partial charge in [-0.05, 0) is 49.1 Å². The zero-order chi connectivity index (χ0) is 26.9. The van der Waals surface area contributed by atoms with Crippen LogP contribution in [-0.4, -0.2) is 56.4 Å². The number of aromatic nitrogens is 4. The Hall–Kier alpha value is -3.45. The summed E-state index contributed by atoms with van der Waals surface area (Å²) in [5, 5.41) is 18.5. The number of nitrogens with one attached hydrogen (secondary N) is 2. The smallest absolute Gasteiger partial charge is 0.397 e. The second kappa shape index (κ2) is 10.5. The van der Waals surface area contributed by atoms with Crippen molar-refractivity contribution in [1.82, 2.24) is 24.9 Å². The van der Waals surface area contributed by atoms with Gasteiger partial charge in [0.2, 0.25) is 11.2 Å². The van der Waals surface area contributed by atoms with Crippen LogP contribution in [0.5, 0.6) is 0 Å². The zero-order valence-corrected chi connectivity index (χ0v) is 20.5. The fourth-order valence-electron chi connectivity index (χ4n) is 4.18. The number of carbonyl (C=O) groups is 2. The molecule has 37 heavy (non-hydrogen) atoms. The number of benzene rings is 1. The third-order valence-corrected chi connectivity index (χ3v) is 6.60. The van der Waals surface area contributed by atoms with Gasteiger partial charge in [-0.15, -0.1) is 5.10 Å². The molecule has 14 heteroatoms. The van der Waals surface area contributed by atoms with Crippen molar-refractivity contribution in [2.24, 2.45) is 11.8 Å². The molecule has 1 saturated carbocycles. The van der Waals surface area contributed by atoms with Crippen LogP contribution >= 0.6 is 11.6 Å². The van der Waals surface area contributed by atoms with Gasteiger partial charge in [0, 0.05) is 25.3 Å². The highest BCUT2D eigenvalue weighted by molar-refractivity contribution is 6.28. The van der Waals surface area contributed by atoms with E-state index in [1.165, 1.54) is 42.1 Å². The van der Waals surface area contributed by atoms with Crippen LogP contribution in [0.2, 0.25) is 5.28 Å². The number of aliphatic carboxylic acids is 1. The lowest BCUT2D eigenvalue weighted by atomic mass is 9.74. The molecule has 1 aromatic carbocycles. The van der Waals surface area contributed by atoms with E-state index in [0.717, 1.165) is 0 Å². The van der Waals surface area contributed by atoms with E-state index >= 15 is 0 Å². The summed E-state index contributed by atoms with van der Waals surface area (Å²) < 4.78 is 48.3. The van der Waals surface area contributed by atoms with Crippen molar-refractivity contribution in [3.63, 3.8) is 0 Å². The first kappa shape index (κ1) is 26.6. The van der Waals surface area contributed by atoms with Crippen molar-refractivity contribution in [2.45, 2.75) is 38.0 Å². The number of halogens is 4. The van der Waals surface area contributed by atoms with Crippen LogP contribution in [0.4, 0.5) is 24.5 Å². The molecule has 198 valence electrons. The maximum Gasteiger partial charge on any atom is 0.397 e. The second-order valence-electron chi connectivity index (χ2n) is 8.82. The quantitative estimate of drug-likeness (QED) is 0.370. The van der Waals surface area contributed by atoms with Crippen LogP contribution in [0.25, 0.3) is 5.78 Å². The van der Waals surface area contributed by atoms with E-state index in [2.05, 4.69) is 25.7 Å². The van der Waals surface area contributed by atoms with Gasteiger partial charge in [-0.2, -0.15) is 22.7 Å². The van der Waals surface area contributed by atoms with Gasteiger partial charge in [-0.1, -0.05) is 12.1 Å². The van der Waals surface area contributed by atoms with Crippen molar-refractivity contribution in [3.8, 4) is 0 Å². The maximum atomic E-state index is 13.8. The third kappa shape index (κ3) is 5.77. The van der Waals surface area contributed by atoms with Crippen LogP contribution in [-0.2, 0) is 14.3 Å². The Labute approximate surface area is 214 Å². The number of hydrogen-bond donors (Lipinski definition) is 3. The summed E-state index contributed by atoms with van der Waals surface area (Å²) in [4.78, 5) is 31.3. The molecule has 1 aliphatic carbocycles. The molecule has 2 heterocycles. The Balaban J connectivity index is 1.49. The molecule has 0 saturated heterocycles. The summed E-state index contributed by atoms with van der Waals surface area (Å²) in [6.07, 6.45) is -3.28. The molecule has 1 aliphatic rings. The minimum absolute atomic E-state index is 0.00264. The first-order valence-electron chi connectivity index (χ1n) is 11.4. The van der Waals surface area contributed by atoms with Gasteiger partial charge < -0.3 is 20.5 Å². The Morgan fingerprint density at radius 1 is 1.24 bits per heavy atom. The highest BCUT2D eigenvalue weighted by Gasteiger charge is 2.43. The number of fused-ring (bicyclic) bond motifs is 1. The lowest BCUT2D eigenvalue weighted by molar-refractivity contribution is -0.152. The maximum absolute atomic E-state index is 13.8. The largest absolute Gasteiger partial charge is 0.481 e. The van der Waals surface area contributed by atoms with Crippen molar-refractivity contribution in [3.05, 3.63) is 47.0 Å². The minimum atomic E-state index is -4.60. The predicted octanol–water partition coefficient (Wildman–Crippen LogP) is 4.10. The van der Waals surface area contributed by atoms with Crippen LogP contribution in [0.15, 0.2) is 30.5 Å². The van der Waals surface area contributed by atoms with E-state index in [9.17, 15) is 22.8 Å². The number of anilines is 2. The van der Waals surface area contributed by atoms with E-state index < -0.39 is 48.5 Å². The van der Waals surface area contributed by atoms with Crippen molar-refractivity contribution in [2.75, 3.05) is 19.0 Å². The summed E-state index contributed by atoms with van der Waals surface area (Å²) in [6.45, 7) is 1.14. The Bertz CT molecular complexity index is 1290. The van der Waals surface area contributed by atoms with Gasteiger partial charge in [0.1, 0.15) is 0 Å². The summed E-state index contributed by atoms with van der Waals surface area (Å²) >= 11 is 5.91. The van der Waals surface area contributed by atoms with E-state index in [1.807, 2.05) is 0 Å². The van der Waals surface area contributed by atoms with Gasteiger partial charge in [-0.3, -0.25) is 9.59 Å². The molecule has 2 atom stereocenters. The van der Waals surface area contributed by atoms with E-state index in [-0.39, 0.29) is 29.5 Å². The average Bonchev–Trinajstić information content (AvgIpc) is 3.17. The number of amides is 1. The van der Waals surface area contributed by atoms with Gasteiger partial charge in [0.25, 0.3) is 5.78 Å². The first-order chi connectivity index (χ1) is 17.5. The third-order valence-electron chi connectivity index (χ3n) is 6.44. The molecule has 0 unspecified atom stereocenters. The molecular formula is C23H24ClF3N6O4. The van der Waals surface area contributed by atoms with Crippen LogP contribution in [0, 0.1) is 11.8 Å². The number of carboxylic acids is 1. The number of ether oxygens (including phenoxy) is 1. The van der Waals surface area contributed by atoms with Crippen LogP contribution in [0.1, 0.15) is 43.0 Å². The summed E-state index contributed by atoms with van der Waals surface area (Å²) in [7, 11) is 1.51. The van der Waals surface area contributed by atoms with Crippen molar-refractivity contribution < 1.29 is 32.6 Å². The van der Waals surface area contributed by atoms with Crippen molar-refractivity contribution in [1.29, 1.82) is 0 Å². The van der Waals surface area contributed by atoms with Gasteiger partial charge >= 0.3 is 12.1 Å². The number of alkyl halides is 3. The molecule has 10 nitrogen and oxygen atoms in total. The van der Waals surface area contributed by atoms with E-state index in [4.69, 9.17) is 21.4 Å². The molecule has 0 radical (unpaired) electrons. The summed E-state index contributed by atoms with van der Waals surface area (Å²) in [5.74, 6) is -4.45. The fourth-order valence-corrected chi connectivity index (χ4v) is 4.33. The molecular weight excluding hydrogens is 517 g/mol. The van der Waals surface area contributed by atoms with Crippen LogP contribution < -0.4 is 10.6 Å². The number of carbonyl (C=O) groups excluding carboxylic acids is 1. The zero-order valence-electron chi connectivity index (χ0n) is 19.8. The SMILES string of the molecule is CO[C@@H](C)c1c(Nc2ccc([C@@H](CNC(=O)C3CC(C(=O)O)C3)C(F)(F)F)cc2)cnc2nc(Cl)nn12. The number of methoxy groups -OCH3 is 1.